The monoisotopic (exact) mass is 386 g/mol. The number of ether oxygens (including phenoxy) is 1. The molecule has 0 aliphatic heterocycles. The van der Waals surface area contributed by atoms with Crippen molar-refractivity contribution in [2.24, 2.45) is 0 Å². The molecule has 3 rings (SSSR count). The fourth-order valence-electron chi connectivity index (χ4n) is 2.87. The fraction of sp³-hybridized carbons (Fsp3) is 0.0833. The van der Waals surface area contributed by atoms with E-state index in [1.165, 1.54) is 12.1 Å². The fourth-order valence-corrected chi connectivity index (χ4v) is 2.87. The van der Waals surface area contributed by atoms with Gasteiger partial charge in [0.1, 0.15) is 23.2 Å². The number of methoxy groups -OCH3 is 1. The Morgan fingerprint density at radius 3 is 2.48 bits per heavy atom. The average molecular weight is 386 g/mol. The van der Waals surface area contributed by atoms with Crippen molar-refractivity contribution in [1.82, 2.24) is 0 Å². The minimum Gasteiger partial charge on any atom is -0.497 e. The van der Waals surface area contributed by atoms with Crippen molar-refractivity contribution in [2.45, 2.75) is 6.42 Å². The molecule has 0 aliphatic rings. The topological polar surface area (TPSA) is 62.1 Å². The van der Waals surface area contributed by atoms with Crippen LogP contribution in [0.2, 0.25) is 0 Å². The van der Waals surface area contributed by atoms with Gasteiger partial charge in [0, 0.05) is 12.1 Å². The number of carbonyl (C=O) groups is 1. The van der Waals surface area contributed by atoms with E-state index in [1.54, 1.807) is 67.8 Å². The molecule has 0 spiro atoms. The van der Waals surface area contributed by atoms with Crippen molar-refractivity contribution >= 4 is 17.7 Å². The summed E-state index contributed by atoms with van der Waals surface area (Å²) in [6.07, 6.45) is 1.81. The van der Waals surface area contributed by atoms with Crippen LogP contribution in [-0.4, -0.2) is 13.0 Å². The van der Waals surface area contributed by atoms with Gasteiger partial charge in [-0.25, -0.2) is 4.39 Å². The largest absolute Gasteiger partial charge is 0.497 e. The number of rotatable bonds is 6. The highest BCUT2D eigenvalue weighted by atomic mass is 19.1. The molecule has 1 N–H and O–H groups in total. The van der Waals surface area contributed by atoms with E-state index in [2.05, 4.69) is 5.32 Å². The Bertz CT molecular complexity index is 1090. The first kappa shape index (κ1) is 19.8. The van der Waals surface area contributed by atoms with Gasteiger partial charge < -0.3 is 10.1 Å². The van der Waals surface area contributed by atoms with E-state index in [4.69, 9.17) is 4.74 Å². The smallest absolute Gasteiger partial charge is 0.266 e. The zero-order valence-electron chi connectivity index (χ0n) is 15.9. The van der Waals surface area contributed by atoms with Crippen molar-refractivity contribution in [2.75, 3.05) is 12.4 Å². The Morgan fingerprint density at radius 2 is 1.79 bits per heavy atom. The molecule has 0 atom stereocenters. The van der Waals surface area contributed by atoms with Crippen LogP contribution in [0.5, 0.6) is 5.75 Å². The third-order valence-corrected chi connectivity index (χ3v) is 4.39. The maximum Gasteiger partial charge on any atom is 0.266 e. The number of anilines is 1. The summed E-state index contributed by atoms with van der Waals surface area (Å²) < 4.78 is 19.4. The van der Waals surface area contributed by atoms with Gasteiger partial charge in [-0.2, -0.15) is 5.26 Å². The van der Waals surface area contributed by atoms with E-state index >= 15 is 0 Å². The van der Waals surface area contributed by atoms with Crippen molar-refractivity contribution in [3.8, 4) is 11.8 Å². The highest BCUT2D eigenvalue weighted by Crippen LogP contribution is 2.24. The molecule has 0 saturated heterocycles. The molecule has 0 aliphatic carbocycles. The zero-order chi connectivity index (χ0) is 20.6. The predicted octanol–water partition coefficient (Wildman–Crippen LogP) is 4.97. The molecular formula is C24H19FN2O2. The maximum absolute atomic E-state index is 14.1. The first-order valence-electron chi connectivity index (χ1n) is 8.99. The van der Waals surface area contributed by atoms with Crippen molar-refractivity contribution < 1.29 is 13.9 Å². The molecule has 0 radical (unpaired) electrons. The zero-order valence-corrected chi connectivity index (χ0v) is 15.9. The number of amides is 1. The van der Waals surface area contributed by atoms with Crippen molar-refractivity contribution in [1.29, 1.82) is 5.26 Å². The number of benzene rings is 3. The second kappa shape index (κ2) is 9.34. The highest BCUT2D eigenvalue weighted by molar-refractivity contribution is 6.09. The summed E-state index contributed by atoms with van der Waals surface area (Å²) in [6, 6.07) is 22.6. The number of carbonyl (C=O) groups excluding carboxylic acids is 1. The van der Waals surface area contributed by atoms with E-state index in [9.17, 15) is 14.4 Å². The second-order valence-electron chi connectivity index (χ2n) is 6.32. The summed E-state index contributed by atoms with van der Waals surface area (Å²) in [7, 11) is 1.55. The van der Waals surface area contributed by atoms with E-state index in [1.807, 2.05) is 12.1 Å². The predicted molar refractivity (Wildman–Crippen MR) is 111 cm³/mol. The van der Waals surface area contributed by atoms with Crippen LogP contribution < -0.4 is 10.1 Å². The highest BCUT2D eigenvalue weighted by Gasteiger charge is 2.13. The molecule has 0 saturated carbocycles. The number of nitriles is 1. The lowest BCUT2D eigenvalue weighted by atomic mass is 9.97. The molecule has 1 amide bonds. The van der Waals surface area contributed by atoms with Gasteiger partial charge >= 0.3 is 0 Å². The maximum atomic E-state index is 14.1. The third kappa shape index (κ3) is 5.08. The van der Waals surface area contributed by atoms with Gasteiger partial charge in [0.15, 0.2) is 0 Å². The van der Waals surface area contributed by atoms with Crippen LogP contribution in [0.4, 0.5) is 10.1 Å². The minimum atomic E-state index is -0.508. The van der Waals surface area contributed by atoms with E-state index < -0.39 is 5.91 Å². The molecular weight excluding hydrogens is 367 g/mol. The third-order valence-electron chi connectivity index (χ3n) is 4.39. The lowest BCUT2D eigenvalue weighted by Crippen LogP contribution is -2.13. The number of hydrogen-bond acceptors (Lipinski definition) is 3. The normalized spacial score (nSPS) is 10.9. The summed E-state index contributed by atoms with van der Waals surface area (Å²) >= 11 is 0. The van der Waals surface area contributed by atoms with Crippen LogP contribution in [0.3, 0.4) is 0 Å². The molecule has 3 aromatic carbocycles. The van der Waals surface area contributed by atoms with Gasteiger partial charge in [0.2, 0.25) is 0 Å². The van der Waals surface area contributed by atoms with Gasteiger partial charge in [-0.1, -0.05) is 42.5 Å². The van der Waals surface area contributed by atoms with Crippen LogP contribution in [0.1, 0.15) is 16.7 Å². The van der Waals surface area contributed by atoms with Gasteiger partial charge in [-0.3, -0.25) is 4.79 Å². The molecule has 3 aromatic rings. The molecule has 4 nitrogen and oxygen atoms in total. The first-order valence-corrected chi connectivity index (χ1v) is 8.99. The molecule has 144 valence electrons. The molecule has 0 unspecified atom stereocenters. The molecule has 0 fully saturated rings. The Morgan fingerprint density at radius 1 is 1.07 bits per heavy atom. The summed E-state index contributed by atoms with van der Waals surface area (Å²) in [5.74, 6) is -0.209. The molecule has 29 heavy (non-hydrogen) atoms. The number of hydrogen-bond donors (Lipinski definition) is 1. The average Bonchev–Trinajstić information content (AvgIpc) is 2.75. The number of halogens is 1. The van der Waals surface area contributed by atoms with E-state index in [-0.39, 0.29) is 11.4 Å². The van der Waals surface area contributed by atoms with Crippen molar-refractivity contribution in [3.05, 3.63) is 101 Å². The SMILES string of the molecule is COc1ccc(/C=C(\C#N)C(=O)Nc2ccccc2)c(Cc2ccccc2F)c1. The van der Waals surface area contributed by atoms with Crippen LogP contribution in [-0.2, 0) is 11.2 Å². The van der Waals surface area contributed by atoms with Gasteiger partial charge in [0.05, 0.1) is 7.11 Å². The number of para-hydroxylation sites is 1. The van der Waals surface area contributed by atoms with Gasteiger partial charge in [-0.15, -0.1) is 0 Å². The summed E-state index contributed by atoms with van der Waals surface area (Å²) in [5.41, 5.74) is 2.46. The first-order chi connectivity index (χ1) is 14.1. The molecule has 0 aromatic heterocycles. The standard InChI is InChI=1S/C24H19FN2O2/c1-29-22-12-11-17(19(15-22)14-18-7-5-6-10-23(18)25)13-20(16-26)24(28)27-21-8-3-2-4-9-21/h2-13,15H,14H2,1H3,(H,27,28)/b20-13+. The minimum absolute atomic E-state index is 0.0474. The Hall–Kier alpha value is -3.91. The van der Waals surface area contributed by atoms with E-state index in [0.29, 0.717) is 29.0 Å². The van der Waals surface area contributed by atoms with Crippen molar-refractivity contribution in [3.63, 3.8) is 0 Å². The quantitative estimate of drug-likeness (QED) is 0.481. The Balaban J connectivity index is 1.94. The summed E-state index contributed by atoms with van der Waals surface area (Å²) in [4.78, 5) is 12.5. The lowest BCUT2D eigenvalue weighted by Gasteiger charge is -2.11. The second-order valence-corrected chi connectivity index (χ2v) is 6.32. The van der Waals surface area contributed by atoms with Crippen LogP contribution >= 0.6 is 0 Å². The van der Waals surface area contributed by atoms with Gasteiger partial charge in [-0.05, 0) is 53.1 Å². The molecule has 5 heteroatoms. The van der Waals surface area contributed by atoms with Gasteiger partial charge in [0.25, 0.3) is 5.91 Å². The summed E-state index contributed by atoms with van der Waals surface area (Å²) in [5, 5.41) is 12.2. The van der Waals surface area contributed by atoms with Crippen LogP contribution in [0.25, 0.3) is 6.08 Å². The Labute approximate surface area is 168 Å². The Kier molecular flexibility index (Phi) is 6.39. The molecule has 0 bridgehead atoms. The van der Waals surface area contributed by atoms with Crippen LogP contribution in [0, 0.1) is 17.1 Å². The number of nitrogens with one attached hydrogen (secondary N) is 1. The van der Waals surface area contributed by atoms with E-state index in [0.717, 1.165) is 5.56 Å². The summed E-state index contributed by atoms with van der Waals surface area (Å²) in [6.45, 7) is 0. The number of nitrogens with zero attached hydrogens (tertiary/aromatic N) is 1. The lowest BCUT2D eigenvalue weighted by molar-refractivity contribution is -0.112. The van der Waals surface area contributed by atoms with Crippen LogP contribution in [0.15, 0.2) is 78.4 Å². The molecule has 0 heterocycles.